The molecule has 0 bridgehead atoms. The van der Waals surface area contributed by atoms with Crippen LogP contribution in [0, 0.1) is 0 Å². The zero-order valence-electron chi connectivity index (χ0n) is 15.6. The Balaban J connectivity index is 1.89. The fourth-order valence-corrected chi connectivity index (χ4v) is 3.46. The van der Waals surface area contributed by atoms with E-state index in [0.717, 1.165) is 37.9 Å². The molecular formula is C19H25N5O2. The molecular weight excluding hydrogens is 330 g/mol. The number of aromatic nitrogens is 3. The highest BCUT2D eigenvalue weighted by atomic mass is 16.2. The highest BCUT2D eigenvalue weighted by Gasteiger charge is 2.24. The van der Waals surface area contributed by atoms with Gasteiger partial charge in [0.05, 0.1) is 5.69 Å². The van der Waals surface area contributed by atoms with Gasteiger partial charge < -0.3 is 9.80 Å². The third kappa shape index (κ3) is 3.76. The van der Waals surface area contributed by atoms with E-state index in [1.807, 2.05) is 24.1 Å². The Labute approximate surface area is 153 Å². The minimum absolute atomic E-state index is 0.0901. The van der Waals surface area contributed by atoms with Gasteiger partial charge in [0, 0.05) is 64.2 Å². The van der Waals surface area contributed by atoms with Crippen LogP contribution in [0.1, 0.15) is 26.2 Å². The summed E-state index contributed by atoms with van der Waals surface area (Å²) in [6.45, 7) is 3.15. The van der Waals surface area contributed by atoms with E-state index in [9.17, 15) is 9.59 Å². The molecule has 3 heterocycles. The average molecular weight is 355 g/mol. The largest absolute Gasteiger partial charge is 0.343 e. The van der Waals surface area contributed by atoms with E-state index < -0.39 is 0 Å². The molecule has 26 heavy (non-hydrogen) atoms. The summed E-state index contributed by atoms with van der Waals surface area (Å²) >= 11 is 0. The number of nitrogens with zero attached hydrogens (tertiary/aromatic N) is 5. The molecule has 138 valence electrons. The Morgan fingerprint density at radius 2 is 1.96 bits per heavy atom. The minimum atomic E-state index is -0.0901. The molecule has 0 aliphatic carbocycles. The number of carbonyl (C=O) groups excluding carboxylic acids is 1. The summed E-state index contributed by atoms with van der Waals surface area (Å²) in [4.78, 5) is 36.8. The van der Waals surface area contributed by atoms with Crippen LogP contribution in [-0.2, 0) is 11.8 Å². The summed E-state index contributed by atoms with van der Waals surface area (Å²) < 4.78 is 1.58. The smallest absolute Gasteiger partial charge is 0.255 e. The van der Waals surface area contributed by atoms with Crippen LogP contribution < -0.4 is 10.5 Å². The summed E-state index contributed by atoms with van der Waals surface area (Å²) in [6, 6.07) is 5.49. The van der Waals surface area contributed by atoms with Gasteiger partial charge in [-0.05, 0) is 31.4 Å². The van der Waals surface area contributed by atoms with Crippen LogP contribution in [0.15, 0.2) is 35.4 Å². The number of pyridine rings is 1. The first kappa shape index (κ1) is 18.1. The molecule has 2 aromatic heterocycles. The van der Waals surface area contributed by atoms with Crippen molar-refractivity contribution >= 4 is 11.9 Å². The van der Waals surface area contributed by atoms with Crippen molar-refractivity contribution in [2.45, 2.75) is 32.2 Å². The number of anilines is 1. The molecule has 0 N–H and O–H groups in total. The molecule has 1 aliphatic heterocycles. The van der Waals surface area contributed by atoms with Crippen LogP contribution in [0.4, 0.5) is 5.95 Å². The van der Waals surface area contributed by atoms with Crippen molar-refractivity contribution in [2.75, 3.05) is 25.0 Å². The first-order valence-electron chi connectivity index (χ1n) is 8.94. The fraction of sp³-hybridized carbons (Fsp3) is 0.474. The summed E-state index contributed by atoms with van der Waals surface area (Å²) in [5.41, 5.74) is 1.43. The molecule has 2 aromatic rings. The fourth-order valence-electron chi connectivity index (χ4n) is 3.46. The minimum Gasteiger partial charge on any atom is -0.343 e. The molecule has 1 amide bonds. The Hall–Kier alpha value is -2.70. The lowest BCUT2D eigenvalue weighted by Crippen LogP contribution is -2.38. The van der Waals surface area contributed by atoms with Gasteiger partial charge in [0.25, 0.3) is 5.56 Å². The standard InChI is InChI=1S/C19H25N5O2/c1-14(25)24-11-4-5-16(8-12-24)22(2)19-21-17(13-18(26)23(19)3)15-6-9-20-10-7-15/h6-7,9-10,13,16H,4-5,8,11-12H2,1-3H3. The summed E-state index contributed by atoms with van der Waals surface area (Å²) in [5.74, 6) is 0.768. The number of hydrogen-bond donors (Lipinski definition) is 0. The van der Waals surface area contributed by atoms with E-state index in [0.29, 0.717) is 11.6 Å². The quantitative estimate of drug-likeness (QED) is 0.838. The highest BCUT2D eigenvalue weighted by Crippen LogP contribution is 2.22. The molecule has 0 radical (unpaired) electrons. The van der Waals surface area contributed by atoms with Crippen LogP contribution in [0.2, 0.25) is 0 Å². The van der Waals surface area contributed by atoms with Gasteiger partial charge >= 0.3 is 0 Å². The van der Waals surface area contributed by atoms with Gasteiger partial charge in [0.2, 0.25) is 11.9 Å². The lowest BCUT2D eigenvalue weighted by Gasteiger charge is -2.29. The van der Waals surface area contributed by atoms with E-state index in [4.69, 9.17) is 4.98 Å². The maximum atomic E-state index is 12.5. The molecule has 0 spiro atoms. The number of carbonyl (C=O) groups is 1. The van der Waals surface area contributed by atoms with Crippen molar-refractivity contribution in [2.24, 2.45) is 7.05 Å². The van der Waals surface area contributed by atoms with Gasteiger partial charge in [-0.15, -0.1) is 0 Å². The summed E-state index contributed by atoms with van der Waals surface area (Å²) in [5, 5.41) is 0. The van der Waals surface area contributed by atoms with Crippen LogP contribution in [0.5, 0.6) is 0 Å². The Morgan fingerprint density at radius 1 is 1.23 bits per heavy atom. The van der Waals surface area contributed by atoms with E-state index in [1.54, 1.807) is 37.0 Å². The first-order chi connectivity index (χ1) is 12.5. The maximum absolute atomic E-state index is 12.5. The first-order valence-corrected chi connectivity index (χ1v) is 8.94. The van der Waals surface area contributed by atoms with E-state index in [1.165, 1.54) is 0 Å². The van der Waals surface area contributed by atoms with E-state index in [2.05, 4.69) is 9.88 Å². The van der Waals surface area contributed by atoms with Crippen molar-refractivity contribution in [3.05, 3.63) is 40.9 Å². The number of hydrogen-bond acceptors (Lipinski definition) is 5. The molecule has 7 heteroatoms. The zero-order chi connectivity index (χ0) is 18.7. The van der Waals surface area contributed by atoms with Crippen molar-refractivity contribution in [3.8, 4) is 11.3 Å². The van der Waals surface area contributed by atoms with Crippen LogP contribution in [-0.4, -0.2) is 51.5 Å². The Morgan fingerprint density at radius 3 is 2.65 bits per heavy atom. The van der Waals surface area contributed by atoms with E-state index in [-0.39, 0.29) is 17.5 Å². The predicted octanol–water partition coefficient (Wildman–Crippen LogP) is 1.68. The van der Waals surface area contributed by atoms with Gasteiger partial charge in [-0.3, -0.25) is 19.1 Å². The van der Waals surface area contributed by atoms with Crippen LogP contribution >= 0.6 is 0 Å². The molecule has 1 fully saturated rings. The van der Waals surface area contributed by atoms with Gasteiger partial charge in [-0.2, -0.15) is 0 Å². The molecule has 0 saturated carbocycles. The second kappa shape index (κ2) is 7.68. The number of amides is 1. The summed E-state index contributed by atoms with van der Waals surface area (Å²) in [7, 11) is 3.72. The molecule has 7 nitrogen and oxygen atoms in total. The molecule has 1 aliphatic rings. The third-order valence-electron chi connectivity index (χ3n) is 5.09. The zero-order valence-corrected chi connectivity index (χ0v) is 15.6. The van der Waals surface area contributed by atoms with Gasteiger partial charge in [-0.25, -0.2) is 4.98 Å². The molecule has 1 unspecified atom stereocenters. The van der Waals surface area contributed by atoms with Crippen LogP contribution in [0.25, 0.3) is 11.3 Å². The monoisotopic (exact) mass is 355 g/mol. The normalized spacial score (nSPS) is 17.7. The third-order valence-corrected chi connectivity index (χ3v) is 5.09. The molecule has 0 aromatic carbocycles. The van der Waals surface area contributed by atoms with E-state index >= 15 is 0 Å². The van der Waals surface area contributed by atoms with Crippen molar-refractivity contribution in [1.82, 2.24) is 19.4 Å². The number of likely N-dealkylation sites (tertiary alicyclic amines) is 1. The molecule has 3 rings (SSSR count). The van der Waals surface area contributed by atoms with Gasteiger partial charge in [0.1, 0.15) is 0 Å². The molecule has 1 atom stereocenters. The molecule has 1 saturated heterocycles. The van der Waals surface area contributed by atoms with Gasteiger partial charge in [-0.1, -0.05) is 0 Å². The summed E-state index contributed by atoms with van der Waals surface area (Å²) in [6.07, 6.45) is 6.17. The predicted molar refractivity (Wildman–Crippen MR) is 101 cm³/mol. The van der Waals surface area contributed by atoms with Crippen molar-refractivity contribution in [1.29, 1.82) is 0 Å². The Bertz CT molecular complexity index is 834. The SMILES string of the molecule is CC(=O)N1CCCC(N(C)c2nc(-c3ccncc3)cc(=O)n2C)CC1. The topological polar surface area (TPSA) is 71.3 Å². The highest BCUT2D eigenvalue weighted by molar-refractivity contribution is 5.73. The van der Waals surface area contributed by atoms with Gasteiger partial charge in [0.15, 0.2) is 0 Å². The second-order valence-corrected chi connectivity index (χ2v) is 6.78. The lowest BCUT2D eigenvalue weighted by atomic mass is 10.1. The maximum Gasteiger partial charge on any atom is 0.255 e. The van der Waals surface area contributed by atoms with Crippen molar-refractivity contribution in [3.63, 3.8) is 0 Å². The Kier molecular flexibility index (Phi) is 5.35. The van der Waals surface area contributed by atoms with Crippen molar-refractivity contribution < 1.29 is 4.79 Å². The second-order valence-electron chi connectivity index (χ2n) is 6.78. The lowest BCUT2D eigenvalue weighted by molar-refractivity contribution is -0.128. The number of rotatable bonds is 3. The van der Waals surface area contributed by atoms with Crippen LogP contribution in [0.3, 0.4) is 0 Å². The average Bonchev–Trinajstić information content (AvgIpc) is 2.90.